The summed E-state index contributed by atoms with van der Waals surface area (Å²) < 4.78 is 23.4. The van der Waals surface area contributed by atoms with Crippen molar-refractivity contribution in [2.24, 2.45) is 0 Å². The van der Waals surface area contributed by atoms with Gasteiger partial charge in [0.15, 0.2) is 9.84 Å². The van der Waals surface area contributed by atoms with Gasteiger partial charge >= 0.3 is 0 Å². The van der Waals surface area contributed by atoms with E-state index in [1.54, 1.807) is 4.90 Å². The van der Waals surface area contributed by atoms with Crippen LogP contribution in [0.2, 0.25) is 0 Å². The van der Waals surface area contributed by atoms with Gasteiger partial charge in [-0.2, -0.15) is 0 Å². The van der Waals surface area contributed by atoms with Gasteiger partial charge < -0.3 is 10.2 Å². The number of carbonyl (C=O) groups is 1. The van der Waals surface area contributed by atoms with Gasteiger partial charge in [-0.15, -0.1) is 0 Å². The number of amides is 1. The Balaban J connectivity index is 1.56. The van der Waals surface area contributed by atoms with Gasteiger partial charge in [-0.25, -0.2) is 8.42 Å². The summed E-state index contributed by atoms with van der Waals surface area (Å²) in [5.41, 5.74) is 0. The molecule has 132 valence electrons. The van der Waals surface area contributed by atoms with Gasteiger partial charge in [0.2, 0.25) is 5.91 Å². The highest BCUT2D eigenvalue weighted by Crippen LogP contribution is 2.29. The Labute approximate surface area is 139 Å². The van der Waals surface area contributed by atoms with E-state index in [1.807, 2.05) is 14.0 Å². The van der Waals surface area contributed by atoms with E-state index >= 15 is 0 Å². The second kappa shape index (κ2) is 6.69. The lowest BCUT2D eigenvalue weighted by Crippen LogP contribution is -2.51. The van der Waals surface area contributed by atoms with Gasteiger partial charge in [0.05, 0.1) is 18.1 Å². The second-order valence-electron chi connectivity index (χ2n) is 7.41. The summed E-state index contributed by atoms with van der Waals surface area (Å²) in [4.78, 5) is 16.6. The molecular formula is C16H29N3O3S. The molecule has 2 bridgehead atoms. The molecule has 3 unspecified atom stereocenters. The van der Waals surface area contributed by atoms with Crippen LogP contribution in [0.15, 0.2) is 0 Å². The SMILES string of the molecule is CCN(C(=O)CN(C)C1CC2CCC(C1)N2)C1CCS(=O)(=O)C1. The van der Waals surface area contributed by atoms with Crippen molar-refractivity contribution in [1.82, 2.24) is 15.1 Å². The maximum Gasteiger partial charge on any atom is 0.237 e. The molecule has 0 radical (unpaired) electrons. The van der Waals surface area contributed by atoms with Crippen LogP contribution in [0.25, 0.3) is 0 Å². The number of carbonyl (C=O) groups excluding carboxylic acids is 1. The minimum Gasteiger partial charge on any atom is -0.338 e. The van der Waals surface area contributed by atoms with Gasteiger partial charge in [-0.05, 0) is 46.1 Å². The molecule has 0 aromatic carbocycles. The molecule has 3 atom stereocenters. The zero-order chi connectivity index (χ0) is 16.6. The summed E-state index contributed by atoms with van der Waals surface area (Å²) in [5, 5.41) is 3.63. The predicted octanol–water partition coefficient (Wildman–Crippen LogP) is 0.237. The van der Waals surface area contributed by atoms with Crippen LogP contribution in [0.5, 0.6) is 0 Å². The molecule has 1 amide bonds. The highest BCUT2D eigenvalue weighted by atomic mass is 32.2. The van der Waals surface area contributed by atoms with Gasteiger partial charge in [0.1, 0.15) is 0 Å². The van der Waals surface area contributed by atoms with Crippen molar-refractivity contribution in [1.29, 1.82) is 0 Å². The molecule has 0 spiro atoms. The zero-order valence-electron chi connectivity index (χ0n) is 14.2. The summed E-state index contributed by atoms with van der Waals surface area (Å²) in [7, 11) is -0.921. The van der Waals surface area contributed by atoms with E-state index in [4.69, 9.17) is 0 Å². The third-order valence-electron chi connectivity index (χ3n) is 5.77. The third kappa shape index (κ3) is 3.88. The lowest BCUT2D eigenvalue weighted by Gasteiger charge is -2.36. The first kappa shape index (κ1) is 17.2. The van der Waals surface area contributed by atoms with E-state index in [0.717, 1.165) is 12.8 Å². The first-order chi connectivity index (χ1) is 10.9. The molecule has 0 saturated carbocycles. The monoisotopic (exact) mass is 343 g/mol. The molecule has 3 aliphatic rings. The van der Waals surface area contributed by atoms with Gasteiger partial charge in [0.25, 0.3) is 0 Å². The van der Waals surface area contributed by atoms with Crippen LogP contribution in [0.4, 0.5) is 0 Å². The van der Waals surface area contributed by atoms with Crippen LogP contribution in [0, 0.1) is 0 Å². The van der Waals surface area contributed by atoms with Crippen LogP contribution in [0.1, 0.15) is 39.0 Å². The minimum absolute atomic E-state index is 0.0722. The normalized spacial score (nSPS) is 35.6. The summed E-state index contributed by atoms with van der Waals surface area (Å²) in [6, 6.07) is 1.55. The first-order valence-electron chi connectivity index (χ1n) is 8.84. The quantitative estimate of drug-likeness (QED) is 0.774. The van der Waals surface area contributed by atoms with Crippen molar-refractivity contribution in [3.63, 3.8) is 0 Å². The standard InChI is InChI=1S/C16H29N3O3S/c1-3-19(14-6-7-23(21,22)11-14)16(20)10-18(2)15-8-12-4-5-13(9-15)17-12/h12-15,17H,3-11H2,1-2H3. The van der Waals surface area contributed by atoms with Gasteiger partial charge in [0, 0.05) is 30.7 Å². The number of piperidine rings is 1. The Morgan fingerprint density at radius 3 is 2.30 bits per heavy atom. The van der Waals surface area contributed by atoms with E-state index in [-0.39, 0.29) is 23.5 Å². The van der Waals surface area contributed by atoms with E-state index in [2.05, 4.69) is 10.2 Å². The Bertz CT molecular complexity index is 539. The number of sulfone groups is 1. The van der Waals surface area contributed by atoms with Crippen molar-refractivity contribution >= 4 is 15.7 Å². The Kier molecular flexibility index (Phi) is 4.99. The Morgan fingerprint density at radius 2 is 1.78 bits per heavy atom. The van der Waals surface area contributed by atoms with E-state index in [1.165, 1.54) is 12.8 Å². The smallest absolute Gasteiger partial charge is 0.237 e. The van der Waals surface area contributed by atoms with Crippen molar-refractivity contribution in [2.45, 2.75) is 63.2 Å². The first-order valence-corrected chi connectivity index (χ1v) is 10.7. The fraction of sp³-hybridized carbons (Fsp3) is 0.938. The number of hydrogen-bond acceptors (Lipinski definition) is 5. The molecule has 3 heterocycles. The molecule has 0 aromatic rings. The summed E-state index contributed by atoms with van der Waals surface area (Å²) in [6.07, 6.45) is 5.32. The number of fused-ring (bicyclic) bond motifs is 2. The average Bonchev–Trinajstić information content (AvgIpc) is 3.01. The minimum atomic E-state index is -2.96. The van der Waals surface area contributed by atoms with Crippen molar-refractivity contribution in [3.8, 4) is 0 Å². The molecule has 23 heavy (non-hydrogen) atoms. The Morgan fingerprint density at radius 1 is 1.13 bits per heavy atom. The fourth-order valence-corrected chi connectivity index (χ4v) is 6.21. The number of rotatable bonds is 5. The van der Waals surface area contributed by atoms with Crippen molar-refractivity contribution < 1.29 is 13.2 Å². The molecule has 3 rings (SSSR count). The zero-order valence-corrected chi connectivity index (χ0v) is 15.0. The molecule has 3 aliphatic heterocycles. The number of hydrogen-bond donors (Lipinski definition) is 1. The lowest BCUT2D eigenvalue weighted by atomic mass is 9.98. The highest BCUT2D eigenvalue weighted by Gasteiger charge is 2.37. The summed E-state index contributed by atoms with van der Waals surface area (Å²) in [6.45, 7) is 2.92. The molecule has 3 fully saturated rings. The fourth-order valence-electron chi connectivity index (χ4n) is 4.48. The summed E-state index contributed by atoms with van der Waals surface area (Å²) in [5.74, 6) is 0.422. The van der Waals surface area contributed by atoms with Crippen LogP contribution < -0.4 is 5.32 Å². The third-order valence-corrected chi connectivity index (χ3v) is 7.52. The average molecular weight is 343 g/mol. The largest absolute Gasteiger partial charge is 0.338 e. The lowest BCUT2D eigenvalue weighted by molar-refractivity contribution is -0.134. The van der Waals surface area contributed by atoms with E-state index in [0.29, 0.717) is 37.6 Å². The van der Waals surface area contributed by atoms with E-state index in [9.17, 15) is 13.2 Å². The Hall–Kier alpha value is -0.660. The van der Waals surface area contributed by atoms with Crippen molar-refractivity contribution in [3.05, 3.63) is 0 Å². The van der Waals surface area contributed by atoms with Crippen LogP contribution >= 0.6 is 0 Å². The van der Waals surface area contributed by atoms with E-state index < -0.39 is 9.84 Å². The number of nitrogens with one attached hydrogen (secondary N) is 1. The van der Waals surface area contributed by atoms with Crippen LogP contribution in [-0.2, 0) is 14.6 Å². The molecule has 3 saturated heterocycles. The maximum absolute atomic E-state index is 12.7. The molecule has 6 nitrogen and oxygen atoms in total. The maximum atomic E-state index is 12.7. The van der Waals surface area contributed by atoms with Gasteiger partial charge in [-0.3, -0.25) is 9.69 Å². The molecular weight excluding hydrogens is 314 g/mol. The predicted molar refractivity (Wildman–Crippen MR) is 90.0 cm³/mol. The highest BCUT2D eigenvalue weighted by molar-refractivity contribution is 7.91. The van der Waals surface area contributed by atoms with Crippen LogP contribution in [-0.4, -0.2) is 79.9 Å². The van der Waals surface area contributed by atoms with Crippen molar-refractivity contribution in [2.75, 3.05) is 31.6 Å². The molecule has 7 heteroatoms. The topological polar surface area (TPSA) is 69.7 Å². The molecule has 1 N–H and O–H groups in total. The molecule has 0 aromatic heterocycles. The summed E-state index contributed by atoms with van der Waals surface area (Å²) >= 11 is 0. The van der Waals surface area contributed by atoms with Crippen LogP contribution in [0.3, 0.4) is 0 Å². The van der Waals surface area contributed by atoms with Gasteiger partial charge in [-0.1, -0.05) is 0 Å². The number of likely N-dealkylation sites (N-methyl/N-ethyl adjacent to an activating group) is 2. The number of nitrogens with zero attached hydrogens (tertiary/aromatic N) is 2. The second-order valence-corrected chi connectivity index (χ2v) is 9.64. The molecule has 0 aliphatic carbocycles.